The lowest BCUT2D eigenvalue weighted by Gasteiger charge is -2.11. The molecule has 9 rings (SSSR count). The van der Waals surface area contributed by atoms with Gasteiger partial charge in [-0.1, -0.05) is 121 Å². The van der Waals surface area contributed by atoms with Gasteiger partial charge in [-0.3, -0.25) is 0 Å². The van der Waals surface area contributed by atoms with Gasteiger partial charge < -0.3 is 4.42 Å². The molecule has 6 aromatic carbocycles. The van der Waals surface area contributed by atoms with Crippen LogP contribution in [0.25, 0.3) is 87.5 Å². The maximum atomic E-state index is 6.09. The van der Waals surface area contributed by atoms with Crippen molar-refractivity contribution in [1.82, 2.24) is 9.97 Å². The van der Waals surface area contributed by atoms with E-state index in [9.17, 15) is 0 Å². The first kappa shape index (κ1) is 26.6. The summed E-state index contributed by atoms with van der Waals surface area (Å²) in [7, 11) is 0. The molecule has 0 bridgehead atoms. The number of fused-ring (bicyclic) bond motifs is 4. The van der Waals surface area contributed by atoms with Crippen molar-refractivity contribution >= 4 is 43.4 Å². The van der Waals surface area contributed by atoms with Gasteiger partial charge in [0, 0.05) is 32.3 Å². The normalized spacial score (nSPS) is 11.5. The van der Waals surface area contributed by atoms with E-state index in [1.165, 1.54) is 37.2 Å². The lowest BCUT2D eigenvalue weighted by atomic mass is 9.93. The maximum Gasteiger partial charge on any atom is 0.227 e. The second kappa shape index (κ2) is 11.0. The Morgan fingerprint density at radius 1 is 0.457 bits per heavy atom. The highest BCUT2D eigenvalue weighted by atomic mass is 32.1. The molecule has 46 heavy (non-hydrogen) atoms. The van der Waals surface area contributed by atoms with E-state index < -0.39 is 0 Å². The number of nitrogens with zero attached hydrogens (tertiary/aromatic N) is 2. The van der Waals surface area contributed by atoms with Crippen molar-refractivity contribution in [2.24, 2.45) is 0 Å². The van der Waals surface area contributed by atoms with Crippen LogP contribution < -0.4 is 0 Å². The zero-order valence-corrected chi connectivity index (χ0v) is 25.5. The average molecular weight is 607 g/mol. The van der Waals surface area contributed by atoms with Crippen molar-refractivity contribution in [3.63, 3.8) is 0 Å². The van der Waals surface area contributed by atoms with E-state index in [2.05, 4.69) is 133 Å². The van der Waals surface area contributed by atoms with Crippen molar-refractivity contribution in [1.29, 1.82) is 0 Å². The van der Waals surface area contributed by atoms with Crippen LogP contribution in [0.3, 0.4) is 0 Å². The minimum atomic E-state index is 0.626. The predicted octanol–water partition coefficient (Wildman–Crippen LogP) is 11.9. The van der Waals surface area contributed by atoms with Crippen molar-refractivity contribution in [3.8, 4) is 55.4 Å². The van der Waals surface area contributed by atoms with Gasteiger partial charge in [0.05, 0.1) is 15.9 Å². The standard InChI is InChI=1S/C42H26N2OS/c1-3-12-27(13-4-1)31-16-11-17-32(26-31)37-38-33-18-7-8-19-34(33)43-39(28-14-5-2-6-15-28)41(38)46-40(37)29-22-24-30(25-23-29)42-44-35-20-9-10-21-36(35)45-42/h1-26H. The molecule has 0 aliphatic rings. The van der Waals surface area contributed by atoms with Crippen molar-refractivity contribution in [2.75, 3.05) is 0 Å². The number of benzene rings is 6. The highest BCUT2D eigenvalue weighted by Crippen LogP contribution is 2.50. The van der Waals surface area contributed by atoms with Crippen LogP contribution in [-0.4, -0.2) is 9.97 Å². The summed E-state index contributed by atoms with van der Waals surface area (Å²) in [5.74, 6) is 0.626. The van der Waals surface area contributed by atoms with E-state index in [4.69, 9.17) is 14.4 Å². The smallest absolute Gasteiger partial charge is 0.227 e. The molecule has 0 fully saturated rings. The number of para-hydroxylation sites is 3. The SMILES string of the molecule is c1ccc(-c2cccc(-c3c(-c4ccc(-c5nc6ccccc6o5)cc4)sc4c(-c5ccccc5)nc5ccccc5c34)c2)cc1. The van der Waals surface area contributed by atoms with E-state index in [-0.39, 0.29) is 0 Å². The van der Waals surface area contributed by atoms with E-state index in [1.54, 1.807) is 0 Å². The minimum absolute atomic E-state index is 0.626. The fourth-order valence-electron chi connectivity index (χ4n) is 6.32. The third-order valence-corrected chi connectivity index (χ3v) is 9.77. The first-order valence-corrected chi connectivity index (χ1v) is 16.1. The lowest BCUT2D eigenvalue weighted by molar-refractivity contribution is 0.620. The molecule has 0 atom stereocenters. The molecule has 0 aliphatic carbocycles. The average Bonchev–Trinajstić information content (AvgIpc) is 3.75. The number of pyridine rings is 1. The molecule has 0 aliphatic heterocycles. The molecule has 0 radical (unpaired) electrons. The lowest BCUT2D eigenvalue weighted by Crippen LogP contribution is -1.88. The van der Waals surface area contributed by atoms with Crippen molar-refractivity contribution in [3.05, 3.63) is 158 Å². The number of oxazole rings is 1. The summed E-state index contributed by atoms with van der Waals surface area (Å²) in [6.07, 6.45) is 0. The zero-order chi connectivity index (χ0) is 30.5. The molecular weight excluding hydrogens is 581 g/mol. The first-order chi connectivity index (χ1) is 22.8. The van der Waals surface area contributed by atoms with Gasteiger partial charge in [0.15, 0.2) is 5.58 Å². The number of thiophene rings is 1. The fraction of sp³-hybridized carbons (Fsp3) is 0. The highest BCUT2D eigenvalue weighted by molar-refractivity contribution is 7.23. The molecule has 3 nitrogen and oxygen atoms in total. The number of aromatic nitrogens is 2. The Morgan fingerprint density at radius 2 is 1.09 bits per heavy atom. The van der Waals surface area contributed by atoms with Gasteiger partial charge in [-0.25, -0.2) is 9.97 Å². The Hall–Kier alpha value is -5.84. The molecule has 0 unspecified atom stereocenters. The molecule has 0 N–H and O–H groups in total. The molecule has 0 spiro atoms. The van der Waals surface area contributed by atoms with Crippen LogP contribution in [0.1, 0.15) is 0 Å². The number of hydrogen-bond donors (Lipinski definition) is 0. The summed E-state index contributed by atoms with van der Waals surface area (Å²) in [4.78, 5) is 11.2. The van der Waals surface area contributed by atoms with Crippen LogP contribution in [0.2, 0.25) is 0 Å². The zero-order valence-electron chi connectivity index (χ0n) is 24.7. The Morgan fingerprint density at radius 3 is 1.87 bits per heavy atom. The fourth-order valence-corrected chi connectivity index (χ4v) is 7.68. The van der Waals surface area contributed by atoms with E-state index >= 15 is 0 Å². The van der Waals surface area contributed by atoms with Crippen molar-refractivity contribution in [2.45, 2.75) is 0 Å². The Balaban J connectivity index is 1.31. The highest BCUT2D eigenvalue weighted by Gasteiger charge is 2.22. The molecule has 3 heterocycles. The van der Waals surface area contributed by atoms with Crippen LogP contribution in [0.15, 0.2) is 162 Å². The number of rotatable bonds is 5. The summed E-state index contributed by atoms with van der Waals surface area (Å²) in [5.41, 5.74) is 11.7. The van der Waals surface area contributed by atoms with Crippen molar-refractivity contribution < 1.29 is 4.42 Å². The van der Waals surface area contributed by atoms with Gasteiger partial charge in [0.2, 0.25) is 5.89 Å². The third kappa shape index (κ3) is 4.50. The molecular formula is C42H26N2OS. The van der Waals surface area contributed by atoms with Gasteiger partial charge in [-0.05, 0) is 58.7 Å². The molecule has 0 amide bonds. The summed E-state index contributed by atoms with van der Waals surface area (Å²) >= 11 is 1.81. The number of hydrogen-bond acceptors (Lipinski definition) is 4. The maximum absolute atomic E-state index is 6.09. The predicted molar refractivity (Wildman–Crippen MR) is 192 cm³/mol. The van der Waals surface area contributed by atoms with Crippen LogP contribution in [0, 0.1) is 0 Å². The van der Waals surface area contributed by atoms with Gasteiger partial charge >= 0.3 is 0 Å². The monoisotopic (exact) mass is 606 g/mol. The summed E-state index contributed by atoms with van der Waals surface area (Å²) < 4.78 is 7.28. The van der Waals surface area contributed by atoms with Gasteiger partial charge in [0.1, 0.15) is 5.52 Å². The van der Waals surface area contributed by atoms with E-state index in [0.717, 1.165) is 44.4 Å². The second-order valence-corrected chi connectivity index (χ2v) is 12.4. The second-order valence-electron chi connectivity index (χ2n) is 11.4. The molecule has 3 aromatic heterocycles. The first-order valence-electron chi connectivity index (χ1n) is 15.3. The molecule has 9 aromatic rings. The summed E-state index contributed by atoms with van der Waals surface area (Å²) in [6, 6.07) is 55.1. The van der Waals surface area contributed by atoms with Gasteiger partial charge in [-0.15, -0.1) is 11.3 Å². The molecule has 0 saturated heterocycles. The third-order valence-electron chi connectivity index (χ3n) is 8.52. The van der Waals surface area contributed by atoms with Gasteiger partial charge in [0.25, 0.3) is 0 Å². The topological polar surface area (TPSA) is 38.9 Å². The van der Waals surface area contributed by atoms with Crippen LogP contribution in [0.5, 0.6) is 0 Å². The van der Waals surface area contributed by atoms with Crippen LogP contribution in [-0.2, 0) is 0 Å². The summed E-state index contributed by atoms with van der Waals surface area (Å²) in [6.45, 7) is 0. The van der Waals surface area contributed by atoms with Crippen LogP contribution >= 0.6 is 11.3 Å². The molecule has 0 saturated carbocycles. The van der Waals surface area contributed by atoms with E-state index in [0.29, 0.717) is 5.89 Å². The van der Waals surface area contributed by atoms with Gasteiger partial charge in [-0.2, -0.15) is 0 Å². The Kier molecular flexibility index (Phi) is 6.32. The quantitative estimate of drug-likeness (QED) is 0.196. The molecule has 216 valence electrons. The van der Waals surface area contributed by atoms with E-state index in [1.807, 2.05) is 35.6 Å². The minimum Gasteiger partial charge on any atom is -0.436 e. The Bertz CT molecular complexity index is 2480. The largest absolute Gasteiger partial charge is 0.436 e. The summed E-state index contributed by atoms with van der Waals surface area (Å²) in [5, 5.41) is 2.39. The Labute approximate surface area is 270 Å². The molecule has 4 heteroatoms. The van der Waals surface area contributed by atoms with Crippen LogP contribution in [0.4, 0.5) is 0 Å².